The van der Waals surface area contributed by atoms with Gasteiger partial charge in [0.1, 0.15) is 0 Å². The molecule has 2 aliphatic heterocycles. The number of hydrogen-bond donors (Lipinski definition) is 0. The van der Waals surface area contributed by atoms with E-state index in [1.165, 1.54) is 12.2 Å². The molecule has 32 heavy (non-hydrogen) atoms. The van der Waals surface area contributed by atoms with Crippen molar-refractivity contribution in [3.05, 3.63) is 131 Å². The minimum absolute atomic E-state index is 0.0717. The van der Waals surface area contributed by atoms with Crippen LogP contribution in [0.3, 0.4) is 0 Å². The van der Waals surface area contributed by atoms with E-state index in [0.29, 0.717) is 5.57 Å². The number of rotatable bonds is 3. The summed E-state index contributed by atoms with van der Waals surface area (Å²) in [6, 6.07) is 21.7. The highest BCUT2D eigenvalue weighted by Crippen LogP contribution is 2.45. The Morgan fingerprint density at radius 3 is 1.97 bits per heavy atom. The second-order valence-corrected chi connectivity index (χ2v) is 7.61. The fourth-order valence-electron chi connectivity index (χ4n) is 4.21. The van der Waals surface area contributed by atoms with E-state index in [0.717, 1.165) is 39.1 Å². The van der Waals surface area contributed by atoms with Gasteiger partial charge in [0.2, 0.25) is 0 Å². The van der Waals surface area contributed by atoms with Gasteiger partial charge >= 0.3 is 0 Å². The summed E-state index contributed by atoms with van der Waals surface area (Å²) in [4.78, 5) is 26.9. The molecule has 0 radical (unpaired) electrons. The largest absolute Gasteiger partial charge is 0.290 e. The fraction of sp³-hybridized carbons (Fsp3) is 0.0357. The Morgan fingerprint density at radius 1 is 0.781 bits per heavy atom. The van der Waals surface area contributed by atoms with E-state index in [2.05, 4.69) is 6.07 Å². The van der Waals surface area contributed by atoms with Gasteiger partial charge in [0.05, 0.1) is 23.8 Å². The lowest BCUT2D eigenvalue weighted by molar-refractivity contribution is -0.120. The molecular weight excluding hydrogens is 396 g/mol. The first-order valence-electron chi connectivity index (χ1n) is 10.3. The number of benzene rings is 2. The first-order chi connectivity index (χ1) is 15.7. The van der Waals surface area contributed by atoms with E-state index in [-0.39, 0.29) is 18.1 Å². The molecule has 0 N–H and O–H groups in total. The molecule has 0 atom stereocenters. The molecule has 0 unspecified atom stereocenters. The number of amides is 1. The topological polar surface area (TPSA) is 61.2 Å². The van der Waals surface area contributed by atoms with Gasteiger partial charge in [-0.3, -0.25) is 14.5 Å². The molecule has 0 spiro atoms. The molecule has 2 heterocycles. The predicted molar refractivity (Wildman–Crippen MR) is 123 cm³/mol. The maximum Gasteiger partial charge on any atom is 0.263 e. The Hall–Kier alpha value is -4.49. The second-order valence-electron chi connectivity index (χ2n) is 7.61. The molecule has 4 heteroatoms. The van der Waals surface area contributed by atoms with E-state index in [1.807, 2.05) is 66.7 Å². The molecule has 2 aromatic carbocycles. The highest BCUT2D eigenvalue weighted by Gasteiger charge is 2.38. The average molecular weight is 414 g/mol. The summed E-state index contributed by atoms with van der Waals surface area (Å²) in [5.41, 5.74) is 6.46. The summed E-state index contributed by atoms with van der Waals surface area (Å²) >= 11 is 0. The number of allylic oxidation sites excluding steroid dienone is 9. The molecule has 0 aromatic heterocycles. The number of nitriles is 1. The van der Waals surface area contributed by atoms with Gasteiger partial charge in [-0.05, 0) is 46.1 Å². The number of carbonyl (C=O) groups is 2. The molecule has 0 saturated heterocycles. The maximum atomic E-state index is 13.6. The van der Waals surface area contributed by atoms with Crippen LogP contribution < -0.4 is 0 Å². The summed E-state index contributed by atoms with van der Waals surface area (Å²) in [6.45, 7) is 0. The maximum absolute atomic E-state index is 13.6. The molecule has 1 amide bonds. The summed E-state index contributed by atoms with van der Waals surface area (Å²) < 4.78 is 0. The lowest BCUT2D eigenvalue weighted by Crippen LogP contribution is -2.23. The number of ketones is 1. The molecule has 2 aromatic rings. The summed E-state index contributed by atoms with van der Waals surface area (Å²) in [6.07, 6.45) is 10.4. The van der Waals surface area contributed by atoms with Gasteiger partial charge in [-0.25, -0.2) is 0 Å². The number of carbonyl (C=O) groups excluding carboxylic acids is 2. The molecule has 0 saturated carbocycles. The van der Waals surface area contributed by atoms with Crippen LogP contribution in [0.1, 0.15) is 17.5 Å². The van der Waals surface area contributed by atoms with Gasteiger partial charge in [-0.15, -0.1) is 0 Å². The van der Waals surface area contributed by atoms with E-state index >= 15 is 0 Å². The van der Waals surface area contributed by atoms with Crippen molar-refractivity contribution in [3.63, 3.8) is 0 Å². The first kappa shape index (κ1) is 19.5. The van der Waals surface area contributed by atoms with Crippen molar-refractivity contribution in [2.24, 2.45) is 0 Å². The lowest BCUT2D eigenvalue weighted by atomic mass is 9.89. The van der Waals surface area contributed by atoms with Crippen LogP contribution in [0.5, 0.6) is 0 Å². The van der Waals surface area contributed by atoms with E-state index in [9.17, 15) is 14.9 Å². The molecule has 0 bridgehead atoms. The molecule has 3 aliphatic rings. The molecule has 1 aliphatic carbocycles. The van der Waals surface area contributed by atoms with Crippen LogP contribution in [0.25, 0.3) is 11.1 Å². The minimum Gasteiger partial charge on any atom is -0.290 e. The molecule has 152 valence electrons. The predicted octanol–water partition coefficient (Wildman–Crippen LogP) is 5.13. The van der Waals surface area contributed by atoms with Gasteiger partial charge in [0.25, 0.3) is 5.91 Å². The van der Waals surface area contributed by atoms with Gasteiger partial charge in [0, 0.05) is 11.8 Å². The van der Waals surface area contributed by atoms with Crippen molar-refractivity contribution >= 4 is 22.8 Å². The van der Waals surface area contributed by atoms with Crippen molar-refractivity contribution < 1.29 is 9.59 Å². The summed E-state index contributed by atoms with van der Waals surface area (Å²) in [7, 11) is 0. The zero-order valence-electron chi connectivity index (χ0n) is 17.2. The number of nitrogens with zero attached hydrogens (tertiary/aromatic N) is 2. The van der Waals surface area contributed by atoms with Crippen LogP contribution in [0.2, 0.25) is 0 Å². The highest BCUT2D eigenvalue weighted by atomic mass is 16.2. The van der Waals surface area contributed by atoms with Crippen molar-refractivity contribution in [2.75, 3.05) is 0 Å². The zero-order chi connectivity index (χ0) is 22.1. The Balaban J connectivity index is 1.77. The Kier molecular flexibility index (Phi) is 4.85. The molecule has 0 fully saturated rings. The van der Waals surface area contributed by atoms with E-state index < -0.39 is 0 Å². The molecule has 4 nitrogen and oxygen atoms in total. The lowest BCUT2D eigenvalue weighted by Gasteiger charge is -2.24. The quantitative estimate of drug-likeness (QED) is 0.700. The Bertz CT molecular complexity index is 1340. The molecule has 5 rings (SSSR count). The van der Waals surface area contributed by atoms with Crippen LogP contribution in [-0.4, -0.2) is 16.6 Å². The Labute approximate surface area is 186 Å². The van der Waals surface area contributed by atoms with Gasteiger partial charge in [-0.1, -0.05) is 72.8 Å². The van der Waals surface area contributed by atoms with Gasteiger partial charge in [-0.2, -0.15) is 5.26 Å². The third kappa shape index (κ3) is 3.27. The highest BCUT2D eigenvalue weighted by molar-refractivity contribution is 6.34. The van der Waals surface area contributed by atoms with Gasteiger partial charge < -0.3 is 0 Å². The summed E-state index contributed by atoms with van der Waals surface area (Å²) in [5.74, 6) is -0.191. The normalized spacial score (nSPS) is 17.4. The molecular formula is C28H18N2O2. The van der Waals surface area contributed by atoms with E-state index in [4.69, 9.17) is 0 Å². The van der Waals surface area contributed by atoms with Crippen molar-refractivity contribution in [3.8, 4) is 6.07 Å². The zero-order valence-corrected chi connectivity index (χ0v) is 17.2. The van der Waals surface area contributed by atoms with Crippen LogP contribution in [0, 0.1) is 11.3 Å². The number of hydrogen-bond acceptors (Lipinski definition) is 3. The average Bonchev–Trinajstić information content (AvgIpc) is 3.12. The van der Waals surface area contributed by atoms with Crippen LogP contribution >= 0.6 is 0 Å². The number of fused-ring (bicyclic) bond motifs is 1. The third-order valence-electron chi connectivity index (χ3n) is 5.67. The summed E-state index contributed by atoms with van der Waals surface area (Å²) in [5, 5.41) is 9.40. The van der Waals surface area contributed by atoms with Crippen molar-refractivity contribution in [1.82, 2.24) is 4.90 Å². The first-order valence-corrected chi connectivity index (χ1v) is 10.3. The second kappa shape index (κ2) is 7.98. The van der Waals surface area contributed by atoms with E-state index in [1.54, 1.807) is 23.3 Å². The van der Waals surface area contributed by atoms with Crippen LogP contribution in [0.15, 0.2) is 120 Å². The van der Waals surface area contributed by atoms with Crippen LogP contribution in [-0.2, 0) is 9.59 Å². The third-order valence-corrected chi connectivity index (χ3v) is 5.67. The fourth-order valence-corrected chi connectivity index (χ4v) is 4.21. The minimum atomic E-state index is -0.120. The monoisotopic (exact) mass is 414 g/mol. The Morgan fingerprint density at radius 2 is 1.38 bits per heavy atom. The van der Waals surface area contributed by atoms with Crippen LogP contribution in [0.4, 0.5) is 0 Å². The van der Waals surface area contributed by atoms with Gasteiger partial charge in [0.15, 0.2) is 5.78 Å². The SMILES string of the molecule is N#CCC1=CN2C(=O)C(c3ccccc3)=C(c3ccccc3)C2=CC1=C1C=CC(=O)C=C1. The van der Waals surface area contributed by atoms with Crippen molar-refractivity contribution in [2.45, 2.75) is 6.42 Å². The van der Waals surface area contributed by atoms with Crippen molar-refractivity contribution in [1.29, 1.82) is 5.26 Å². The standard InChI is InChI=1S/C28H18N2O2/c29-16-15-22-18-30-25(17-24(22)19-11-13-23(31)14-12-19)26(20-7-3-1-4-8-20)27(28(30)32)21-9-5-2-6-10-21/h1-14,17-18H,15H2. The smallest absolute Gasteiger partial charge is 0.263 e.